The minimum atomic E-state index is -0.964. The molecule has 0 bridgehead atoms. The fraction of sp³-hybridized carbons (Fsp3) is 0.381. The van der Waals surface area contributed by atoms with Crippen LogP contribution < -0.4 is 0 Å². The third-order valence-corrected chi connectivity index (χ3v) is 4.58. The predicted octanol–water partition coefficient (Wildman–Crippen LogP) is 3.50. The standard InChI is InChI=1S/C21H25NO4/c1-2-11-22-12-13-25-21(16-22,26-15-17-7-4-3-5-8-17)19-10-6-9-18(14-19)20(23)24/h3-10,14H,2,11-13,15-16H2,1H3,(H,23,24). The van der Waals surface area contributed by atoms with Crippen molar-refractivity contribution in [2.24, 2.45) is 0 Å². The monoisotopic (exact) mass is 355 g/mol. The summed E-state index contributed by atoms with van der Waals surface area (Å²) in [7, 11) is 0. The Kier molecular flexibility index (Phi) is 6.04. The zero-order valence-corrected chi connectivity index (χ0v) is 15.1. The van der Waals surface area contributed by atoms with Crippen molar-refractivity contribution in [1.82, 2.24) is 4.90 Å². The van der Waals surface area contributed by atoms with E-state index in [4.69, 9.17) is 9.47 Å². The van der Waals surface area contributed by atoms with Crippen LogP contribution in [-0.4, -0.2) is 42.2 Å². The summed E-state index contributed by atoms with van der Waals surface area (Å²) in [6.07, 6.45) is 1.05. The van der Waals surface area contributed by atoms with Gasteiger partial charge in [0, 0.05) is 12.1 Å². The van der Waals surface area contributed by atoms with Crippen molar-refractivity contribution in [3.05, 3.63) is 71.3 Å². The van der Waals surface area contributed by atoms with Gasteiger partial charge in [0.15, 0.2) is 0 Å². The van der Waals surface area contributed by atoms with Gasteiger partial charge in [0.1, 0.15) is 0 Å². The summed E-state index contributed by atoms with van der Waals surface area (Å²) < 4.78 is 12.4. The van der Waals surface area contributed by atoms with Gasteiger partial charge in [-0.15, -0.1) is 0 Å². The Morgan fingerprint density at radius 1 is 1.23 bits per heavy atom. The molecule has 0 spiro atoms. The van der Waals surface area contributed by atoms with Gasteiger partial charge in [-0.3, -0.25) is 4.90 Å². The van der Waals surface area contributed by atoms with E-state index in [1.54, 1.807) is 18.2 Å². The second-order valence-electron chi connectivity index (χ2n) is 6.54. The van der Waals surface area contributed by atoms with E-state index >= 15 is 0 Å². The van der Waals surface area contributed by atoms with Crippen molar-refractivity contribution < 1.29 is 19.4 Å². The molecule has 1 aliphatic rings. The highest BCUT2D eigenvalue weighted by atomic mass is 16.7. The molecule has 1 atom stereocenters. The number of ether oxygens (including phenoxy) is 2. The fourth-order valence-electron chi connectivity index (χ4n) is 3.27. The van der Waals surface area contributed by atoms with Crippen LogP contribution in [0, 0.1) is 0 Å². The van der Waals surface area contributed by atoms with Crippen LogP contribution in [0.5, 0.6) is 0 Å². The molecule has 3 rings (SSSR count). The second-order valence-corrected chi connectivity index (χ2v) is 6.54. The van der Waals surface area contributed by atoms with Crippen molar-refractivity contribution in [2.75, 3.05) is 26.2 Å². The number of benzene rings is 2. The summed E-state index contributed by atoms with van der Waals surface area (Å²) in [4.78, 5) is 13.7. The van der Waals surface area contributed by atoms with Crippen molar-refractivity contribution in [1.29, 1.82) is 0 Å². The van der Waals surface area contributed by atoms with E-state index in [2.05, 4.69) is 11.8 Å². The molecule has 1 heterocycles. The summed E-state index contributed by atoms with van der Waals surface area (Å²) in [5.74, 6) is -1.92. The maximum absolute atomic E-state index is 11.4. The van der Waals surface area contributed by atoms with Gasteiger partial charge in [-0.2, -0.15) is 0 Å². The lowest BCUT2D eigenvalue weighted by Crippen LogP contribution is -2.51. The third-order valence-electron chi connectivity index (χ3n) is 4.58. The first kappa shape index (κ1) is 18.6. The zero-order valence-electron chi connectivity index (χ0n) is 15.1. The van der Waals surface area contributed by atoms with E-state index in [9.17, 15) is 9.90 Å². The molecule has 0 aliphatic carbocycles. The van der Waals surface area contributed by atoms with Gasteiger partial charge in [-0.1, -0.05) is 49.4 Å². The molecule has 1 N–H and O–H groups in total. The van der Waals surface area contributed by atoms with E-state index in [0.29, 0.717) is 19.8 Å². The third kappa shape index (κ3) is 4.30. The van der Waals surface area contributed by atoms with Gasteiger partial charge in [-0.05, 0) is 30.7 Å². The zero-order chi connectivity index (χ0) is 18.4. The molecule has 1 fully saturated rings. The minimum Gasteiger partial charge on any atom is -0.478 e. The van der Waals surface area contributed by atoms with Crippen LogP contribution >= 0.6 is 0 Å². The molecule has 2 aromatic rings. The van der Waals surface area contributed by atoms with Crippen molar-refractivity contribution in [2.45, 2.75) is 25.7 Å². The molecule has 0 aromatic heterocycles. The SMILES string of the molecule is CCCN1CCOC(OCc2ccccc2)(c2cccc(C(=O)O)c2)C1. The van der Waals surface area contributed by atoms with E-state index in [1.165, 1.54) is 0 Å². The molecular formula is C21H25NO4. The molecule has 0 amide bonds. The lowest BCUT2D eigenvalue weighted by Gasteiger charge is -2.42. The maximum atomic E-state index is 11.4. The Morgan fingerprint density at radius 3 is 2.77 bits per heavy atom. The Morgan fingerprint density at radius 2 is 2.04 bits per heavy atom. The summed E-state index contributed by atoms with van der Waals surface area (Å²) in [5, 5.41) is 9.34. The molecule has 1 aliphatic heterocycles. The average molecular weight is 355 g/mol. The Hall–Kier alpha value is -2.21. The Balaban J connectivity index is 1.90. The molecule has 2 aromatic carbocycles. The number of hydrogen-bond donors (Lipinski definition) is 1. The first-order chi connectivity index (χ1) is 12.6. The number of nitrogens with zero attached hydrogens (tertiary/aromatic N) is 1. The van der Waals surface area contributed by atoms with Crippen LogP contribution in [0.4, 0.5) is 0 Å². The lowest BCUT2D eigenvalue weighted by atomic mass is 10.0. The van der Waals surface area contributed by atoms with Gasteiger partial charge >= 0.3 is 5.97 Å². The van der Waals surface area contributed by atoms with Crippen molar-refractivity contribution in [3.63, 3.8) is 0 Å². The highest BCUT2D eigenvalue weighted by Crippen LogP contribution is 2.33. The molecule has 138 valence electrons. The van der Waals surface area contributed by atoms with Gasteiger partial charge in [0.25, 0.3) is 0 Å². The van der Waals surface area contributed by atoms with E-state index in [0.717, 1.165) is 30.6 Å². The molecule has 1 saturated heterocycles. The second kappa shape index (κ2) is 8.45. The summed E-state index contributed by atoms with van der Waals surface area (Å²) in [6.45, 7) is 5.48. The molecule has 26 heavy (non-hydrogen) atoms. The van der Waals surface area contributed by atoms with E-state index < -0.39 is 11.8 Å². The first-order valence-corrected chi connectivity index (χ1v) is 9.01. The fourth-order valence-corrected chi connectivity index (χ4v) is 3.27. The van der Waals surface area contributed by atoms with E-state index in [1.807, 2.05) is 36.4 Å². The number of aromatic carboxylic acids is 1. The Bertz CT molecular complexity index is 732. The van der Waals surface area contributed by atoms with Crippen LogP contribution in [0.25, 0.3) is 0 Å². The highest BCUT2D eigenvalue weighted by molar-refractivity contribution is 5.87. The quantitative estimate of drug-likeness (QED) is 0.824. The van der Waals surface area contributed by atoms with Gasteiger partial charge in [0.05, 0.1) is 25.3 Å². The molecular weight excluding hydrogens is 330 g/mol. The molecule has 1 unspecified atom stereocenters. The first-order valence-electron chi connectivity index (χ1n) is 9.01. The van der Waals surface area contributed by atoms with Crippen LogP contribution in [0.2, 0.25) is 0 Å². The summed E-state index contributed by atoms with van der Waals surface area (Å²) in [6, 6.07) is 16.8. The van der Waals surface area contributed by atoms with Gasteiger partial charge in [-0.25, -0.2) is 4.79 Å². The number of carboxylic acid groups (broad SMARTS) is 1. The molecule has 5 nitrogen and oxygen atoms in total. The molecule has 0 saturated carbocycles. The van der Waals surface area contributed by atoms with Crippen molar-refractivity contribution >= 4 is 5.97 Å². The Labute approximate surface area is 154 Å². The van der Waals surface area contributed by atoms with Crippen LogP contribution in [0.3, 0.4) is 0 Å². The predicted molar refractivity (Wildman–Crippen MR) is 99.0 cm³/mol. The maximum Gasteiger partial charge on any atom is 0.335 e. The minimum absolute atomic E-state index is 0.237. The van der Waals surface area contributed by atoms with Crippen molar-refractivity contribution in [3.8, 4) is 0 Å². The number of carboxylic acids is 1. The van der Waals surface area contributed by atoms with Crippen LogP contribution in [-0.2, 0) is 21.9 Å². The number of hydrogen-bond acceptors (Lipinski definition) is 4. The van der Waals surface area contributed by atoms with Gasteiger partial charge in [0.2, 0.25) is 5.79 Å². The largest absolute Gasteiger partial charge is 0.478 e. The highest BCUT2D eigenvalue weighted by Gasteiger charge is 2.40. The number of carbonyl (C=O) groups is 1. The average Bonchev–Trinajstić information content (AvgIpc) is 2.68. The van der Waals surface area contributed by atoms with Crippen LogP contribution in [0.1, 0.15) is 34.8 Å². The number of rotatable bonds is 7. The van der Waals surface area contributed by atoms with Crippen LogP contribution in [0.15, 0.2) is 54.6 Å². The normalized spacial score (nSPS) is 20.8. The number of morpholine rings is 1. The summed E-state index contributed by atoms with van der Waals surface area (Å²) >= 11 is 0. The lowest BCUT2D eigenvalue weighted by molar-refractivity contribution is -0.282. The van der Waals surface area contributed by atoms with E-state index in [-0.39, 0.29) is 5.56 Å². The molecule has 0 radical (unpaired) electrons. The topological polar surface area (TPSA) is 59.0 Å². The van der Waals surface area contributed by atoms with Gasteiger partial charge < -0.3 is 14.6 Å². The molecule has 5 heteroatoms. The smallest absolute Gasteiger partial charge is 0.335 e. The summed E-state index contributed by atoms with van der Waals surface area (Å²) in [5.41, 5.74) is 2.04.